The highest BCUT2D eigenvalue weighted by Gasteiger charge is 2.42. The van der Waals surface area contributed by atoms with Crippen molar-refractivity contribution < 1.29 is 4.79 Å². The van der Waals surface area contributed by atoms with Crippen molar-refractivity contribution in [3.63, 3.8) is 0 Å². The van der Waals surface area contributed by atoms with Gasteiger partial charge in [0.1, 0.15) is 6.54 Å². The van der Waals surface area contributed by atoms with Crippen LogP contribution in [0.3, 0.4) is 0 Å². The molecular weight excluding hydrogens is 302 g/mol. The highest BCUT2D eigenvalue weighted by molar-refractivity contribution is 5.80. The summed E-state index contributed by atoms with van der Waals surface area (Å²) in [4.78, 5) is 28.8. The lowest BCUT2D eigenvalue weighted by Crippen LogP contribution is -2.42. The van der Waals surface area contributed by atoms with Gasteiger partial charge in [0.15, 0.2) is 0 Å². The molecule has 2 bridgehead atoms. The number of rotatable bonds is 4. The summed E-state index contributed by atoms with van der Waals surface area (Å²) in [7, 11) is 0. The van der Waals surface area contributed by atoms with Crippen molar-refractivity contribution in [1.29, 1.82) is 0 Å². The zero-order valence-electron chi connectivity index (χ0n) is 13.9. The lowest BCUT2D eigenvalue weighted by molar-refractivity contribution is -0.122. The Balaban J connectivity index is 1.48. The monoisotopic (exact) mass is 325 g/mol. The van der Waals surface area contributed by atoms with Crippen molar-refractivity contribution >= 4 is 16.9 Å². The predicted molar refractivity (Wildman–Crippen MR) is 92.5 cm³/mol. The molecule has 1 amide bonds. The lowest BCUT2D eigenvalue weighted by Gasteiger charge is -2.28. The second kappa shape index (κ2) is 6.04. The molecule has 0 aliphatic heterocycles. The highest BCUT2D eigenvalue weighted by Crippen LogP contribution is 2.49. The van der Waals surface area contributed by atoms with Crippen LogP contribution in [0.1, 0.15) is 32.6 Å². The van der Waals surface area contributed by atoms with Gasteiger partial charge in [-0.15, -0.1) is 0 Å². The lowest BCUT2D eigenvalue weighted by atomic mass is 9.84. The molecule has 5 nitrogen and oxygen atoms in total. The molecule has 1 N–H and O–H groups in total. The molecule has 2 aliphatic rings. The van der Waals surface area contributed by atoms with Gasteiger partial charge in [-0.3, -0.25) is 14.2 Å². The normalized spacial score (nSPS) is 26.6. The van der Waals surface area contributed by atoms with Gasteiger partial charge in [-0.05, 0) is 56.1 Å². The summed E-state index contributed by atoms with van der Waals surface area (Å²) < 4.78 is 1.51. The molecule has 0 radical (unpaired) electrons. The largest absolute Gasteiger partial charge is 0.352 e. The topological polar surface area (TPSA) is 64.0 Å². The van der Waals surface area contributed by atoms with Gasteiger partial charge in [0.05, 0.1) is 17.2 Å². The van der Waals surface area contributed by atoms with Gasteiger partial charge in [0.25, 0.3) is 5.56 Å². The van der Waals surface area contributed by atoms with E-state index in [0.29, 0.717) is 11.4 Å². The molecule has 5 heteroatoms. The standard InChI is InChI=1S/C19H23N3O2/c1-12(15-9-13-6-7-14(15)8-13)21-18(23)11-22-17-5-3-2-4-16(17)20-10-19(22)24/h2-5,10,12-15H,6-9,11H2,1H3,(H,21,23). The summed E-state index contributed by atoms with van der Waals surface area (Å²) in [6.07, 6.45) is 6.53. The minimum atomic E-state index is -0.239. The van der Waals surface area contributed by atoms with E-state index in [1.807, 2.05) is 24.3 Å². The number of benzene rings is 1. The van der Waals surface area contributed by atoms with Gasteiger partial charge in [0, 0.05) is 6.04 Å². The number of hydrogen-bond donors (Lipinski definition) is 1. The summed E-state index contributed by atoms with van der Waals surface area (Å²) in [5, 5.41) is 3.13. The van der Waals surface area contributed by atoms with Crippen LogP contribution in [0, 0.1) is 17.8 Å². The van der Waals surface area contributed by atoms with Crippen LogP contribution in [0.4, 0.5) is 0 Å². The average molecular weight is 325 g/mol. The van der Waals surface area contributed by atoms with Crippen LogP contribution in [0.5, 0.6) is 0 Å². The SMILES string of the molecule is CC(NC(=O)Cn1c(=O)cnc2ccccc21)C1CC2CCC1C2. The number of nitrogens with zero attached hydrogens (tertiary/aromatic N) is 2. The van der Waals surface area contributed by atoms with E-state index in [1.54, 1.807) is 0 Å². The zero-order valence-corrected chi connectivity index (χ0v) is 13.9. The molecule has 4 rings (SSSR count). The molecule has 2 fully saturated rings. The van der Waals surface area contributed by atoms with Crippen molar-refractivity contribution in [3.8, 4) is 0 Å². The van der Waals surface area contributed by atoms with Gasteiger partial charge < -0.3 is 5.32 Å². The maximum absolute atomic E-state index is 12.5. The molecule has 0 spiro atoms. The Morgan fingerprint density at radius 1 is 1.33 bits per heavy atom. The number of fused-ring (bicyclic) bond motifs is 3. The molecule has 126 valence electrons. The van der Waals surface area contributed by atoms with E-state index < -0.39 is 0 Å². The minimum Gasteiger partial charge on any atom is -0.352 e. The number of carbonyl (C=O) groups is 1. The maximum atomic E-state index is 12.5. The number of nitrogens with one attached hydrogen (secondary N) is 1. The summed E-state index contributed by atoms with van der Waals surface area (Å²) in [6.45, 7) is 2.16. The van der Waals surface area contributed by atoms with Gasteiger partial charge >= 0.3 is 0 Å². The van der Waals surface area contributed by atoms with Crippen molar-refractivity contribution in [2.75, 3.05) is 0 Å². The maximum Gasteiger partial charge on any atom is 0.269 e. The van der Waals surface area contributed by atoms with Crippen molar-refractivity contribution in [2.24, 2.45) is 17.8 Å². The van der Waals surface area contributed by atoms with Gasteiger partial charge in [-0.2, -0.15) is 0 Å². The van der Waals surface area contributed by atoms with Crippen LogP contribution >= 0.6 is 0 Å². The molecule has 2 saturated carbocycles. The Morgan fingerprint density at radius 2 is 2.17 bits per heavy atom. The van der Waals surface area contributed by atoms with E-state index in [-0.39, 0.29) is 24.1 Å². The van der Waals surface area contributed by atoms with Crippen LogP contribution in [-0.2, 0) is 11.3 Å². The van der Waals surface area contributed by atoms with E-state index in [2.05, 4.69) is 17.2 Å². The van der Waals surface area contributed by atoms with Crippen LogP contribution in [0.15, 0.2) is 35.3 Å². The average Bonchev–Trinajstić information content (AvgIpc) is 3.20. The molecule has 4 unspecified atom stereocenters. The quantitative estimate of drug-likeness (QED) is 0.938. The Kier molecular flexibility index (Phi) is 3.87. The Hall–Kier alpha value is -2.17. The molecule has 1 aromatic heterocycles. The molecule has 4 atom stereocenters. The van der Waals surface area contributed by atoms with Crippen LogP contribution in [0.25, 0.3) is 11.0 Å². The highest BCUT2D eigenvalue weighted by atomic mass is 16.2. The van der Waals surface area contributed by atoms with Crippen LogP contribution in [-0.4, -0.2) is 21.5 Å². The molecular formula is C19H23N3O2. The molecule has 1 aromatic carbocycles. The second-order valence-electron chi connectivity index (χ2n) is 7.37. The van der Waals surface area contributed by atoms with Gasteiger partial charge in [-0.1, -0.05) is 18.6 Å². The predicted octanol–water partition coefficient (Wildman–Crippen LogP) is 2.34. The van der Waals surface area contributed by atoms with Crippen molar-refractivity contribution in [3.05, 3.63) is 40.8 Å². The molecule has 2 aliphatic carbocycles. The van der Waals surface area contributed by atoms with Crippen LogP contribution in [0.2, 0.25) is 0 Å². The van der Waals surface area contributed by atoms with E-state index in [4.69, 9.17) is 0 Å². The van der Waals surface area contributed by atoms with E-state index in [1.165, 1.54) is 36.4 Å². The number of aromatic nitrogens is 2. The third kappa shape index (κ3) is 2.72. The zero-order chi connectivity index (χ0) is 16.7. The van der Waals surface area contributed by atoms with E-state index in [0.717, 1.165) is 17.4 Å². The minimum absolute atomic E-state index is 0.0486. The number of para-hydroxylation sites is 2. The Labute approximate surface area is 141 Å². The first-order valence-electron chi connectivity index (χ1n) is 8.86. The fourth-order valence-electron chi connectivity index (χ4n) is 4.73. The molecule has 2 aromatic rings. The molecule has 24 heavy (non-hydrogen) atoms. The second-order valence-corrected chi connectivity index (χ2v) is 7.37. The number of carbonyl (C=O) groups excluding carboxylic acids is 1. The number of hydrogen-bond acceptors (Lipinski definition) is 3. The van der Waals surface area contributed by atoms with Crippen molar-refractivity contribution in [2.45, 2.75) is 45.2 Å². The third-order valence-corrected chi connectivity index (χ3v) is 5.88. The Bertz CT molecular complexity index is 829. The summed E-state index contributed by atoms with van der Waals surface area (Å²) in [6, 6.07) is 7.59. The summed E-state index contributed by atoms with van der Waals surface area (Å²) in [5.41, 5.74) is 1.19. The Morgan fingerprint density at radius 3 is 2.92 bits per heavy atom. The van der Waals surface area contributed by atoms with Gasteiger partial charge in [0.2, 0.25) is 5.91 Å². The van der Waals surface area contributed by atoms with Crippen molar-refractivity contribution in [1.82, 2.24) is 14.9 Å². The first kappa shape index (κ1) is 15.4. The fourth-order valence-corrected chi connectivity index (χ4v) is 4.73. The van der Waals surface area contributed by atoms with Crippen LogP contribution < -0.4 is 10.9 Å². The third-order valence-electron chi connectivity index (χ3n) is 5.88. The number of amides is 1. The molecule has 1 heterocycles. The van der Waals surface area contributed by atoms with E-state index >= 15 is 0 Å². The fraction of sp³-hybridized carbons (Fsp3) is 0.526. The first-order valence-corrected chi connectivity index (χ1v) is 8.86. The van der Waals surface area contributed by atoms with E-state index in [9.17, 15) is 9.59 Å². The summed E-state index contributed by atoms with van der Waals surface area (Å²) in [5.74, 6) is 2.14. The smallest absolute Gasteiger partial charge is 0.269 e. The summed E-state index contributed by atoms with van der Waals surface area (Å²) >= 11 is 0. The molecule has 0 saturated heterocycles. The van der Waals surface area contributed by atoms with Gasteiger partial charge in [-0.25, -0.2) is 4.98 Å². The first-order chi connectivity index (χ1) is 11.6.